The average Bonchev–Trinajstić information content (AvgIpc) is 3.60. The fraction of sp³-hybridized carbons (Fsp3) is 0.500. The summed E-state index contributed by atoms with van der Waals surface area (Å²) < 4.78 is 39.9. The van der Waals surface area contributed by atoms with E-state index < -0.39 is 29.9 Å². The number of rotatable bonds is 5. The number of aryl methyl sites for hydroxylation is 1. The van der Waals surface area contributed by atoms with E-state index in [2.05, 4.69) is 25.9 Å². The molecule has 2 amide bonds. The molecule has 5 rings (SSSR count). The molecule has 1 spiro atoms. The highest BCUT2D eigenvalue weighted by Gasteiger charge is 2.47. The lowest BCUT2D eigenvalue weighted by Crippen LogP contribution is -2.55. The summed E-state index contributed by atoms with van der Waals surface area (Å²) in [6.45, 7) is 0.732. The highest BCUT2D eigenvalue weighted by molar-refractivity contribution is 6.35. The number of fused-ring (bicyclic) bond motifs is 2. The van der Waals surface area contributed by atoms with E-state index >= 15 is 0 Å². The second-order valence-corrected chi connectivity index (χ2v) is 9.76. The lowest BCUT2D eigenvalue weighted by atomic mass is 9.96. The van der Waals surface area contributed by atoms with Crippen LogP contribution in [0, 0.1) is 12.8 Å². The quantitative estimate of drug-likeness (QED) is 0.549. The number of piperidine rings is 1. The third kappa shape index (κ3) is 4.52. The molecule has 0 aromatic carbocycles. The Kier molecular flexibility index (Phi) is 5.94. The summed E-state index contributed by atoms with van der Waals surface area (Å²) >= 11 is 6.40. The zero-order valence-electron chi connectivity index (χ0n) is 19.2. The van der Waals surface area contributed by atoms with Crippen LogP contribution in [0.25, 0.3) is 0 Å². The first kappa shape index (κ1) is 24.5. The van der Waals surface area contributed by atoms with Crippen molar-refractivity contribution >= 4 is 40.7 Å². The van der Waals surface area contributed by atoms with Crippen LogP contribution in [-0.4, -0.2) is 57.1 Å². The van der Waals surface area contributed by atoms with Crippen molar-refractivity contribution in [3.05, 3.63) is 39.0 Å². The molecular formula is C22H23ClF3N7O3. The van der Waals surface area contributed by atoms with Crippen LogP contribution < -0.4 is 21.5 Å². The van der Waals surface area contributed by atoms with Crippen molar-refractivity contribution in [3.63, 3.8) is 0 Å². The molecule has 2 aromatic heterocycles. The largest absolute Gasteiger partial charge is 0.401 e. The number of likely N-dealkylation sites (tertiary alicyclic amines) is 1. The van der Waals surface area contributed by atoms with E-state index in [1.165, 1.54) is 21.9 Å². The van der Waals surface area contributed by atoms with Gasteiger partial charge in [0, 0.05) is 31.8 Å². The van der Waals surface area contributed by atoms with Gasteiger partial charge in [0.25, 0.3) is 11.5 Å². The predicted molar refractivity (Wildman–Crippen MR) is 124 cm³/mol. The highest BCUT2D eigenvalue weighted by Crippen LogP contribution is 2.36. The topological polar surface area (TPSA) is 121 Å². The van der Waals surface area contributed by atoms with E-state index in [1.54, 1.807) is 6.92 Å². The zero-order valence-corrected chi connectivity index (χ0v) is 20.0. The Morgan fingerprint density at radius 1 is 1.22 bits per heavy atom. The zero-order chi connectivity index (χ0) is 25.8. The number of nitrogens with zero attached hydrogens (tertiary/aromatic N) is 4. The fourth-order valence-electron chi connectivity index (χ4n) is 4.77. The molecule has 0 bridgehead atoms. The second kappa shape index (κ2) is 8.73. The molecule has 0 radical (unpaired) electrons. The van der Waals surface area contributed by atoms with Gasteiger partial charge in [-0.15, -0.1) is 0 Å². The Morgan fingerprint density at radius 2 is 1.89 bits per heavy atom. The minimum absolute atomic E-state index is 0.0124. The first-order valence-electron chi connectivity index (χ1n) is 11.4. The van der Waals surface area contributed by atoms with Gasteiger partial charge < -0.3 is 16.0 Å². The molecule has 1 saturated heterocycles. The van der Waals surface area contributed by atoms with E-state index in [4.69, 9.17) is 11.6 Å². The molecule has 0 atom stereocenters. The summed E-state index contributed by atoms with van der Waals surface area (Å²) in [5.74, 6) is -0.528. The standard InChI is InChI=1S/C22H23ClF3N7O3/c1-11-8-13(29-16-14(23)17(28-10-27-16)30-18(34)12-2-3-12)20(36)33-15(11)19(35)31-21(33)4-6-32(7-5-21)9-22(24,25)26/h8,10,12H,2-7,9H2,1H3,(H,31,35)(H2,27,28,29,30,34). The van der Waals surface area contributed by atoms with Gasteiger partial charge in [-0.25, -0.2) is 9.97 Å². The van der Waals surface area contributed by atoms with E-state index in [1.807, 2.05) is 0 Å². The number of carbonyl (C=O) groups excluding carboxylic acids is 2. The number of amides is 2. The maximum Gasteiger partial charge on any atom is 0.401 e. The van der Waals surface area contributed by atoms with Crippen molar-refractivity contribution < 1.29 is 22.8 Å². The van der Waals surface area contributed by atoms with Gasteiger partial charge in [-0.1, -0.05) is 11.6 Å². The van der Waals surface area contributed by atoms with Gasteiger partial charge in [0.05, 0.1) is 6.54 Å². The molecule has 36 heavy (non-hydrogen) atoms. The van der Waals surface area contributed by atoms with Crippen molar-refractivity contribution in [1.82, 2.24) is 24.8 Å². The fourth-order valence-corrected chi connectivity index (χ4v) is 4.96. The van der Waals surface area contributed by atoms with Gasteiger partial charge in [-0.05, 0) is 31.4 Å². The van der Waals surface area contributed by atoms with Gasteiger partial charge in [0.1, 0.15) is 28.4 Å². The normalized spacial score (nSPS) is 19.2. The van der Waals surface area contributed by atoms with Crippen LogP contribution in [0.15, 0.2) is 17.2 Å². The summed E-state index contributed by atoms with van der Waals surface area (Å²) in [6.07, 6.45) is -1.27. The van der Waals surface area contributed by atoms with Crippen LogP contribution in [0.1, 0.15) is 41.7 Å². The number of alkyl halides is 3. The predicted octanol–water partition coefficient (Wildman–Crippen LogP) is 2.75. The molecule has 2 fully saturated rings. The molecule has 1 saturated carbocycles. The number of pyridine rings is 1. The molecule has 2 aromatic rings. The third-order valence-electron chi connectivity index (χ3n) is 6.70. The van der Waals surface area contributed by atoms with Gasteiger partial charge in [-0.2, -0.15) is 13.2 Å². The van der Waals surface area contributed by atoms with Gasteiger partial charge in [0.2, 0.25) is 5.91 Å². The molecule has 3 aliphatic rings. The Hall–Kier alpha value is -3.19. The van der Waals surface area contributed by atoms with E-state index in [0.717, 1.165) is 12.8 Å². The number of hydrogen-bond acceptors (Lipinski definition) is 7. The summed E-state index contributed by atoms with van der Waals surface area (Å²) in [5.41, 5.74) is -0.939. The van der Waals surface area contributed by atoms with Gasteiger partial charge >= 0.3 is 6.18 Å². The lowest BCUT2D eigenvalue weighted by molar-refractivity contribution is -0.150. The molecule has 1 aliphatic carbocycles. The number of anilines is 3. The highest BCUT2D eigenvalue weighted by atomic mass is 35.5. The minimum atomic E-state index is -4.33. The van der Waals surface area contributed by atoms with Gasteiger partial charge in [-0.3, -0.25) is 23.9 Å². The van der Waals surface area contributed by atoms with Crippen LogP contribution in [0.4, 0.5) is 30.5 Å². The molecule has 0 unspecified atom stereocenters. The summed E-state index contributed by atoms with van der Waals surface area (Å²) in [4.78, 5) is 47.8. The number of carbonyl (C=O) groups is 2. The molecule has 3 N–H and O–H groups in total. The summed E-state index contributed by atoms with van der Waals surface area (Å²) in [5, 5.41) is 8.39. The smallest absolute Gasteiger partial charge is 0.334 e. The summed E-state index contributed by atoms with van der Waals surface area (Å²) in [7, 11) is 0. The Balaban J connectivity index is 1.45. The molecule has 192 valence electrons. The van der Waals surface area contributed by atoms with Crippen LogP contribution in [0.5, 0.6) is 0 Å². The van der Waals surface area contributed by atoms with Crippen LogP contribution in [0.3, 0.4) is 0 Å². The lowest BCUT2D eigenvalue weighted by Gasteiger charge is -2.40. The second-order valence-electron chi connectivity index (χ2n) is 9.38. The number of hydrogen-bond donors (Lipinski definition) is 3. The molecule has 14 heteroatoms. The third-order valence-corrected chi connectivity index (χ3v) is 7.06. The van der Waals surface area contributed by atoms with Crippen LogP contribution in [-0.2, 0) is 10.5 Å². The first-order chi connectivity index (χ1) is 17.0. The molecule has 10 nitrogen and oxygen atoms in total. The Bertz CT molecular complexity index is 1300. The van der Waals surface area contributed by atoms with Gasteiger partial charge in [0.15, 0.2) is 11.6 Å². The maximum absolute atomic E-state index is 13.6. The van der Waals surface area contributed by atoms with Crippen molar-refractivity contribution in [2.45, 2.75) is 44.4 Å². The molecular weight excluding hydrogens is 503 g/mol. The van der Waals surface area contributed by atoms with Crippen LogP contribution >= 0.6 is 11.6 Å². The van der Waals surface area contributed by atoms with Crippen molar-refractivity contribution in [2.75, 3.05) is 30.3 Å². The van der Waals surface area contributed by atoms with Crippen LogP contribution in [0.2, 0.25) is 5.02 Å². The Morgan fingerprint density at radius 3 is 2.53 bits per heavy atom. The monoisotopic (exact) mass is 525 g/mol. The molecule has 2 aliphatic heterocycles. The Labute approximate surface area is 208 Å². The maximum atomic E-state index is 13.6. The average molecular weight is 526 g/mol. The van der Waals surface area contributed by atoms with E-state index in [-0.39, 0.29) is 65.8 Å². The number of aromatic nitrogens is 3. The molecule has 4 heterocycles. The summed E-state index contributed by atoms with van der Waals surface area (Å²) in [6, 6.07) is 1.49. The van der Waals surface area contributed by atoms with Crippen molar-refractivity contribution in [3.8, 4) is 0 Å². The minimum Gasteiger partial charge on any atom is -0.334 e. The number of nitrogens with one attached hydrogen (secondary N) is 3. The number of halogens is 4. The van der Waals surface area contributed by atoms with Crippen molar-refractivity contribution in [1.29, 1.82) is 0 Å². The first-order valence-corrected chi connectivity index (χ1v) is 11.8. The van der Waals surface area contributed by atoms with E-state index in [0.29, 0.717) is 5.56 Å². The SMILES string of the molecule is Cc1cc(Nc2ncnc(NC(=O)C3CC3)c2Cl)c(=O)n2c1C(=O)NC21CCN(CC(F)(F)F)CC1. The van der Waals surface area contributed by atoms with E-state index in [9.17, 15) is 27.6 Å². The van der Waals surface area contributed by atoms with Crippen molar-refractivity contribution in [2.24, 2.45) is 5.92 Å².